The first-order chi connectivity index (χ1) is 2.73. The third-order valence-corrected chi connectivity index (χ3v) is 0. The zero-order valence-electron chi connectivity index (χ0n) is 5.46. The molecule has 0 atom stereocenters. The molecule has 0 rings (SSSR count). The van der Waals surface area contributed by atoms with Crippen LogP contribution < -0.4 is 0 Å². The van der Waals surface area contributed by atoms with Crippen LogP contribution in [0, 0.1) is 6.92 Å². The Morgan fingerprint density at radius 3 is 1.00 bits per heavy atom. The third-order valence-electron chi connectivity index (χ3n) is 0. The minimum Gasteiger partial charge on any atom is -0.346 e. The molecule has 0 unspecified atom stereocenters. The van der Waals surface area contributed by atoms with Crippen LogP contribution in [-0.2, 0) is 22.4 Å². The van der Waals surface area contributed by atoms with Gasteiger partial charge in [0.15, 0.2) is 0 Å². The van der Waals surface area contributed by atoms with Crippen molar-refractivity contribution in [3.63, 3.8) is 0 Å². The molecule has 7 heavy (non-hydrogen) atoms. The quantitative estimate of drug-likeness (QED) is 0.366. The summed E-state index contributed by atoms with van der Waals surface area (Å²) in [5.74, 6) is 0. The van der Waals surface area contributed by atoms with Gasteiger partial charge in [0.2, 0.25) is 0 Å². The van der Waals surface area contributed by atoms with Crippen LogP contribution >= 0.6 is 7.92 Å². The SMILES string of the molecule is CP(C)C.[Au+].[CH2-]C. The molecule has 0 heterocycles. The Bertz CT molecular complexity index is 12.8. The van der Waals surface area contributed by atoms with E-state index in [2.05, 4.69) is 26.9 Å². The van der Waals surface area contributed by atoms with Gasteiger partial charge in [0.05, 0.1) is 0 Å². The predicted octanol–water partition coefficient (Wildman–Crippen LogP) is 2.20. The number of hydrogen-bond acceptors (Lipinski definition) is 0. The van der Waals surface area contributed by atoms with Crippen molar-refractivity contribution in [2.24, 2.45) is 0 Å². The van der Waals surface area contributed by atoms with Gasteiger partial charge in [-0.3, -0.25) is 0 Å². The molecule has 0 aromatic carbocycles. The van der Waals surface area contributed by atoms with Crippen LogP contribution in [0.3, 0.4) is 0 Å². The van der Waals surface area contributed by atoms with Crippen LogP contribution in [0.25, 0.3) is 0 Å². The Morgan fingerprint density at radius 1 is 1.00 bits per heavy atom. The number of rotatable bonds is 0. The van der Waals surface area contributed by atoms with E-state index in [1.54, 1.807) is 6.92 Å². The fourth-order valence-corrected chi connectivity index (χ4v) is 0. The molecule has 50 valence electrons. The van der Waals surface area contributed by atoms with Crippen LogP contribution in [0.4, 0.5) is 0 Å². The first-order valence-corrected chi connectivity index (χ1v) is 4.73. The van der Waals surface area contributed by atoms with Crippen molar-refractivity contribution in [2.75, 3.05) is 20.0 Å². The first kappa shape index (κ1) is 15.7. The van der Waals surface area contributed by atoms with Crippen molar-refractivity contribution in [2.45, 2.75) is 6.92 Å². The maximum atomic E-state index is 3.25. The summed E-state index contributed by atoms with van der Waals surface area (Å²) in [7, 11) is 0.380. The summed E-state index contributed by atoms with van der Waals surface area (Å²) >= 11 is 0. The normalized spacial score (nSPS) is 6.00. The van der Waals surface area contributed by atoms with E-state index in [0.29, 0.717) is 7.92 Å². The van der Waals surface area contributed by atoms with E-state index in [4.69, 9.17) is 0 Å². The van der Waals surface area contributed by atoms with Gasteiger partial charge in [-0.25, -0.2) is 0 Å². The molecule has 0 spiro atoms. The van der Waals surface area contributed by atoms with Gasteiger partial charge < -0.3 is 6.92 Å². The van der Waals surface area contributed by atoms with Gasteiger partial charge in [-0.15, -0.1) is 7.92 Å². The minimum atomic E-state index is 0. The molecule has 0 fully saturated rings. The van der Waals surface area contributed by atoms with Crippen LogP contribution in [0.5, 0.6) is 0 Å². The van der Waals surface area contributed by atoms with E-state index < -0.39 is 0 Å². The van der Waals surface area contributed by atoms with E-state index in [1.807, 2.05) is 0 Å². The zero-order valence-corrected chi connectivity index (χ0v) is 8.52. The molecular formula is C5H14AuP. The summed E-state index contributed by atoms with van der Waals surface area (Å²) < 4.78 is 0. The topological polar surface area (TPSA) is 0 Å². The van der Waals surface area contributed by atoms with Gasteiger partial charge in [-0.05, 0) is 20.0 Å². The standard InChI is InChI=1S/C3H9P.C2H5.Au/c1-4(2)3;1-2;/h1-3H3;1H2,2H3;/q;-1;+1. The van der Waals surface area contributed by atoms with Crippen molar-refractivity contribution >= 4 is 7.92 Å². The molecule has 0 amide bonds. The van der Waals surface area contributed by atoms with Gasteiger partial charge in [0.25, 0.3) is 0 Å². The molecule has 0 radical (unpaired) electrons. The summed E-state index contributed by atoms with van der Waals surface area (Å²) in [5.41, 5.74) is 0. The Morgan fingerprint density at radius 2 is 1.00 bits per heavy atom. The van der Waals surface area contributed by atoms with Gasteiger partial charge >= 0.3 is 22.4 Å². The zero-order chi connectivity index (χ0) is 5.58. The predicted molar refractivity (Wildman–Crippen MR) is 35.7 cm³/mol. The maximum absolute atomic E-state index is 3.25. The summed E-state index contributed by atoms with van der Waals surface area (Å²) in [6, 6.07) is 0. The average molecular weight is 302 g/mol. The van der Waals surface area contributed by atoms with Crippen molar-refractivity contribution in [3.05, 3.63) is 6.92 Å². The van der Waals surface area contributed by atoms with Crippen LogP contribution in [0.15, 0.2) is 0 Å². The molecule has 0 aromatic heterocycles. The second-order valence-corrected chi connectivity index (χ2v) is 4.02. The smallest absolute Gasteiger partial charge is 0.346 e. The monoisotopic (exact) mass is 302 g/mol. The molecule has 0 N–H and O–H groups in total. The van der Waals surface area contributed by atoms with Crippen molar-refractivity contribution < 1.29 is 22.4 Å². The van der Waals surface area contributed by atoms with Gasteiger partial charge in [0, 0.05) is 0 Å². The molecule has 0 aliphatic heterocycles. The molecule has 0 bridgehead atoms. The fraction of sp³-hybridized carbons (Fsp3) is 0.800. The molecule has 0 nitrogen and oxygen atoms in total. The molecule has 0 aliphatic carbocycles. The second kappa shape index (κ2) is 15.7. The van der Waals surface area contributed by atoms with E-state index in [9.17, 15) is 0 Å². The summed E-state index contributed by atoms with van der Waals surface area (Å²) in [4.78, 5) is 0. The van der Waals surface area contributed by atoms with Crippen LogP contribution in [0.1, 0.15) is 6.92 Å². The Kier molecular flexibility index (Phi) is 35.2. The molecule has 0 saturated carbocycles. The third kappa shape index (κ3) is 140. The van der Waals surface area contributed by atoms with E-state index in [-0.39, 0.29) is 22.4 Å². The minimum absolute atomic E-state index is 0. The van der Waals surface area contributed by atoms with Crippen LogP contribution in [-0.4, -0.2) is 20.0 Å². The summed E-state index contributed by atoms with van der Waals surface area (Å²) in [6.07, 6.45) is 0. The van der Waals surface area contributed by atoms with Crippen molar-refractivity contribution in [3.8, 4) is 0 Å². The molecule has 0 saturated heterocycles. The van der Waals surface area contributed by atoms with Crippen molar-refractivity contribution in [1.29, 1.82) is 0 Å². The average Bonchev–Trinajstić information content (AvgIpc) is 1.41. The summed E-state index contributed by atoms with van der Waals surface area (Å²) in [5, 5.41) is 0. The Hall–Kier alpha value is 1.17. The van der Waals surface area contributed by atoms with Gasteiger partial charge in [-0.1, -0.05) is 0 Å². The fourth-order valence-electron chi connectivity index (χ4n) is 0. The Balaban J connectivity index is -0.0000000480. The van der Waals surface area contributed by atoms with Gasteiger partial charge in [-0.2, -0.15) is 6.92 Å². The molecule has 2 heteroatoms. The Labute approximate surface area is 64.3 Å². The van der Waals surface area contributed by atoms with Crippen molar-refractivity contribution in [1.82, 2.24) is 0 Å². The van der Waals surface area contributed by atoms with E-state index in [1.165, 1.54) is 0 Å². The van der Waals surface area contributed by atoms with E-state index in [0.717, 1.165) is 0 Å². The maximum Gasteiger partial charge on any atom is 1.00 e. The molecule has 0 aromatic rings. The summed E-state index contributed by atoms with van der Waals surface area (Å²) in [6.45, 7) is 11.7. The first-order valence-electron chi connectivity index (χ1n) is 2.05. The van der Waals surface area contributed by atoms with Gasteiger partial charge in [0.1, 0.15) is 0 Å². The molecular weight excluding hydrogens is 288 g/mol. The molecule has 0 aliphatic rings. The van der Waals surface area contributed by atoms with Crippen LogP contribution in [0.2, 0.25) is 0 Å². The largest absolute Gasteiger partial charge is 1.00 e. The second-order valence-electron chi connectivity index (χ2n) is 1.34. The van der Waals surface area contributed by atoms with E-state index >= 15 is 0 Å². The number of hydrogen-bond donors (Lipinski definition) is 0.